The number of halogens is 2. The lowest BCUT2D eigenvalue weighted by atomic mass is 9.84. The van der Waals surface area contributed by atoms with Gasteiger partial charge in [-0.1, -0.05) is 0 Å². The molecule has 1 fully saturated rings. The van der Waals surface area contributed by atoms with Crippen LogP contribution in [0.3, 0.4) is 0 Å². The fraction of sp³-hybridized carbons (Fsp3) is 0.385. The SMILES string of the molecule is CB(O)N1CCN(c2nc3cc(F)c(Br)cc3nc2NN)CC1. The number of anilines is 2. The summed E-state index contributed by atoms with van der Waals surface area (Å²) in [5, 5.41) is 9.63. The van der Waals surface area contributed by atoms with Crippen LogP contribution in [-0.2, 0) is 0 Å². The lowest BCUT2D eigenvalue weighted by Gasteiger charge is -2.36. The van der Waals surface area contributed by atoms with E-state index in [-0.39, 0.29) is 5.82 Å². The minimum atomic E-state index is -0.474. The van der Waals surface area contributed by atoms with Crippen LogP contribution >= 0.6 is 15.9 Å². The van der Waals surface area contributed by atoms with Gasteiger partial charge in [-0.15, -0.1) is 0 Å². The molecule has 0 atom stereocenters. The molecule has 0 saturated carbocycles. The molecule has 2 heterocycles. The Morgan fingerprint density at radius 1 is 1.26 bits per heavy atom. The maximum Gasteiger partial charge on any atom is 0.376 e. The number of fused-ring (bicyclic) bond motifs is 1. The smallest absolute Gasteiger partial charge is 0.376 e. The third-order valence-corrected chi connectivity index (χ3v) is 4.57. The summed E-state index contributed by atoms with van der Waals surface area (Å²) in [6.07, 6.45) is 0. The third kappa shape index (κ3) is 3.25. The van der Waals surface area contributed by atoms with Crippen molar-refractivity contribution in [2.45, 2.75) is 6.82 Å². The van der Waals surface area contributed by atoms with Crippen LogP contribution < -0.4 is 16.2 Å². The number of nitrogens with two attached hydrogens (primary N) is 1. The lowest BCUT2D eigenvalue weighted by molar-refractivity contribution is 0.344. The Morgan fingerprint density at radius 2 is 1.91 bits per heavy atom. The molecule has 0 spiro atoms. The third-order valence-electron chi connectivity index (χ3n) is 3.97. The first-order chi connectivity index (χ1) is 11.0. The summed E-state index contributed by atoms with van der Waals surface area (Å²) in [5.41, 5.74) is 3.59. The number of hydrogen-bond donors (Lipinski definition) is 3. The Hall–Kier alpha value is -1.49. The number of benzene rings is 1. The fourth-order valence-corrected chi connectivity index (χ4v) is 3.00. The van der Waals surface area contributed by atoms with Gasteiger partial charge in [0, 0.05) is 32.2 Å². The molecule has 23 heavy (non-hydrogen) atoms. The monoisotopic (exact) mass is 382 g/mol. The standard InChI is InChI=1S/C13H17BBrFN6O/c1-14(23)22-4-2-21(3-5-22)13-12(20-17)18-10-6-8(15)9(16)7-11(10)19-13/h6-7,23H,2-5,17H2,1H3,(H,18,20). The highest BCUT2D eigenvalue weighted by molar-refractivity contribution is 9.10. The van der Waals surface area contributed by atoms with Crippen molar-refractivity contribution in [1.29, 1.82) is 0 Å². The van der Waals surface area contributed by atoms with Gasteiger partial charge in [-0.3, -0.25) is 0 Å². The molecule has 10 heteroatoms. The van der Waals surface area contributed by atoms with Gasteiger partial charge in [0.15, 0.2) is 11.6 Å². The van der Waals surface area contributed by atoms with Gasteiger partial charge in [-0.2, -0.15) is 0 Å². The summed E-state index contributed by atoms with van der Waals surface area (Å²) in [6, 6.07) is 2.93. The summed E-state index contributed by atoms with van der Waals surface area (Å²) >= 11 is 3.14. The first-order valence-electron chi connectivity index (χ1n) is 7.30. The summed E-state index contributed by atoms with van der Waals surface area (Å²) < 4.78 is 14.1. The zero-order chi connectivity index (χ0) is 16.6. The molecule has 1 aromatic heterocycles. The van der Waals surface area contributed by atoms with E-state index in [2.05, 4.69) is 31.3 Å². The van der Waals surface area contributed by atoms with Crippen LogP contribution in [0.2, 0.25) is 6.82 Å². The van der Waals surface area contributed by atoms with Gasteiger partial charge in [-0.25, -0.2) is 20.2 Å². The maximum atomic E-state index is 13.7. The van der Waals surface area contributed by atoms with Crippen molar-refractivity contribution >= 4 is 45.6 Å². The molecule has 1 saturated heterocycles. The van der Waals surface area contributed by atoms with Crippen LogP contribution in [0.25, 0.3) is 11.0 Å². The average molecular weight is 383 g/mol. The van der Waals surface area contributed by atoms with E-state index >= 15 is 0 Å². The minimum absolute atomic E-state index is 0.334. The second-order valence-corrected chi connectivity index (χ2v) is 6.30. The van der Waals surface area contributed by atoms with E-state index in [1.807, 2.05) is 9.71 Å². The molecular formula is C13H17BBrFN6O. The topological polar surface area (TPSA) is 90.5 Å². The van der Waals surface area contributed by atoms with Crippen LogP contribution in [0.4, 0.5) is 16.0 Å². The number of rotatable bonds is 3. The first kappa shape index (κ1) is 16.4. The number of nitrogens with zero attached hydrogens (tertiary/aromatic N) is 4. The zero-order valence-corrected chi connectivity index (χ0v) is 14.2. The normalized spacial score (nSPS) is 16.0. The quantitative estimate of drug-likeness (QED) is 0.415. The number of hydrogen-bond acceptors (Lipinski definition) is 7. The van der Waals surface area contributed by atoms with Gasteiger partial charge in [-0.05, 0) is 28.8 Å². The highest BCUT2D eigenvalue weighted by Crippen LogP contribution is 2.28. The number of nitrogen functional groups attached to an aromatic ring is 1. The lowest BCUT2D eigenvalue weighted by Crippen LogP contribution is -2.51. The molecule has 1 aliphatic rings. The van der Waals surface area contributed by atoms with Gasteiger partial charge in [0.25, 0.3) is 0 Å². The molecule has 1 aromatic carbocycles. The van der Waals surface area contributed by atoms with Crippen molar-refractivity contribution in [2.75, 3.05) is 36.5 Å². The molecule has 0 radical (unpaired) electrons. The molecule has 0 amide bonds. The van der Waals surface area contributed by atoms with Gasteiger partial charge in [0.05, 0.1) is 15.5 Å². The van der Waals surface area contributed by atoms with Gasteiger partial charge >= 0.3 is 7.05 Å². The second-order valence-electron chi connectivity index (χ2n) is 5.45. The van der Waals surface area contributed by atoms with E-state index in [0.717, 1.165) is 0 Å². The van der Waals surface area contributed by atoms with E-state index in [1.165, 1.54) is 6.07 Å². The van der Waals surface area contributed by atoms with Gasteiger partial charge in [0.2, 0.25) is 0 Å². The summed E-state index contributed by atoms with van der Waals surface area (Å²) in [4.78, 5) is 12.9. The Kier molecular flexibility index (Phi) is 4.67. The summed E-state index contributed by atoms with van der Waals surface area (Å²) in [6.45, 7) is 4.52. The van der Waals surface area contributed by atoms with Gasteiger partial charge in [0.1, 0.15) is 5.82 Å². The van der Waals surface area contributed by atoms with E-state index < -0.39 is 7.05 Å². The number of piperazine rings is 1. The highest BCUT2D eigenvalue weighted by atomic mass is 79.9. The second kappa shape index (κ2) is 6.56. The Bertz CT molecular complexity index is 725. The Balaban J connectivity index is 1.95. The van der Waals surface area contributed by atoms with E-state index in [0.29, 0.717) is 53.3 Å². The molecule has 4 N–H and O–H groups in total. The molecule has 0 bridgehead atoms. The number of aromatic nitrogens is 2. The van der Waals surface area contributed by atoms with Crippen LogP contribution in [-0.4, -0.2) is 53.0 Å². The summed E-state index contributed by atoms with van der Waals surface area (Å²) in [7, 11) is -0.474. The minimum Gasteiger partial charge on any atom is -0.437 e. The molecule has 3 rings (SSSR count). The Morgan fingerprint density at radius 3 is 2.52 bits per heavy atom. The fourth-order valence-electron chi connectivity index (χ4n) is 2.67. The summed E-state index contributed by atoms with van der Waals surface area (Å²) in [5.74, 6) is 6.23. The largest absolute Gasteiger partial charge is 0.437 e. The molecule has 0 unspecified atom stereocenters. The molecule has 0 aliphatic carbocycles. The van der Waals surface area contributed by atoms with Crippen molar-refractivity contribution in [2.24, 2.45) is 5.84 Å². The van der Waals surface area contributed by atoms with Crippen LogP contribution in [0.5, 0.6) is 0 Å². The maximum absolute atomic E-state index is 13.7. The predicted octanol–water partition coefficient (Wildman–Crippen LogP) is 1.05. The molecule has 2 aromatic rings. The van der Waals surface area contributed by atoms with Crippen LogP contribution in [0.15, 0.2) is 16.6 Å². The van der Waals surface area contributed by atoms with Crippen molar-refractivity contribution < 1.29 is 9.41 Å². The highest BCUT2D eigenvalue weighted by Gasteiger charge is 2.25. The first-order valence-corrected chi connectivity index (χ1v) is 8.09. The Labute approximate surface area is 141 Å². The number of nitrogens with one attached hydrogen (secondary N) is 1. The predicted molar refractivity (Wildman–Crippen MR) is 92.6 cm³/mol. The zero-order valence-electron chi connectivity index (χ0n) is 12.6. The molecule has 7 nitrogen and oxygen atoms in total. The van der Waals surface area contributed by atoms with E-state index in [1.54, 1.807) is 12.9 Å². The van der Waals surface area contributed by atoms with E-state index in [9.17, 15) is 9.41 Å². The van der Waals surface area contributed by atoms with Crippen LogP contribution in [0.1, 0.15) is 0 Å². The van der Waals surface area contributed by atoms with Crippen molar-refractivity contribution in [3.63, 3.8) is 0 Å². The van der Waals surface area contributed by atoms with Crippen molar-refractivity contribution in [3.05, 3.63) is 22.4 Å². The van der Waals surface area contributed by atoms with Crippen LogP contribution in [0, 0.1) is 5.82 Å². The average Bonchev–Trinajstić information content (AvgIpc) is 2.55. The van der Waals surface area contributed by atoms with E-state index in [4.69, 9.17) is 5.84 Å². The van der Waals surface area contributed by atoms with Crippen molar-refractivity contribution in [1.82, 2.24) is 14.8 Å². The molecule has 122 valence electrons. The molecular weight excluding hydrogens is 366 g/mol. The van der Waals surface area contributed by atoms with Gasteiger partial charge < -0.3 is 20.2 Å². The molecule has 1 aliphatic heterocycles. The number of hydrazine groups is 1. The van der Waals surface area contributed by atoms with Crippen molar-refractivity contribution in [3.8, 4) is 0 Å².